The van der Waals surface area contributed by atoms with Gasteiger partial charge < -0.3 is 15.4 Å². The SMILES string of the molecule is C=NN1CCCCC(=O)N2CCCCC2COC/C1=C/N. The van der Waals surface area contributed by atoms with Gasteiger partial charge in [-0.2, -0.15) is 5.10 Å². The molecule has 0 spiro atoms. The second kappa shape index (κ2) is 8.02. The Morgan fingerprint density at radius 2 is 2.10 bits per heavy atom. The minimum atomic E-state index is 0.204. The van der Waals surface area contributed by atoms with Crippen molar-refractivity contribution in [2.75, 3.05) is 26.3 Å². The predicted molar refractivity (Wildman–Crippen MR) is 82.5 cm³/mol. The fraction of sp³-hybridized carbons (Fsp3) is 0.733. The molecule has 2 heterocycles. The number of piperidine rings is 1. The fourth-order valence-corrected chi connectivity index (χ4v) is 3.00. The van der Waals surface area contributed by atoms with Crippen molar-refractivity contribution in [1.29, 1.82) is 0 Å². The van der Waals surface area contributed by atoms with Crippen molar-refractivity contribution in [3.63, 3.8) is 0 Å². The lowest BCUT2D eigenvalue weighted by atomic mass is 10.0. The van der Waals surface area contributed by atoms with Crippen molar-refractivity contribution in [2.24, 2.45) is 10.8 Å². The minimum absolute atomic E-state index is 0.204. The fourth-order valence-electron chi connectivity index (χ4n) is 3.00. The number of hydrogen-bond donors (Lipinski definition) is 1. The van der Waals surface area contributed by atoms with Crippen LogP contribution in [-0.4, -0.2) is 54.9 Å². The Morgan fingerprint density at radius 1 is 1.29 bits per heavy atom. The van der Waals surface area contributed by atoms with Gasteiger partial charge in [-0.1, -0.05) is 0 Å². The molecule has 0 aromatic carbocycles. The van der Waals surface area contributed by atoms with Crippen molar-refractivity contribution in [3.05, 3.63) is 11.9 Å². The summed E-state index contributed by atoms with van der Waals surface area (Å²) in [4.78, 5) is 14.3. The smallest absolute Gasteiger partial charge is 0.222 e. The summed E-state index contributed by atoms with van der Waals surface area (Å²) < 4.78 is 5.79. The van der Waals surface area contributed by atoms with Gasteiger partial charge in [0.05, 0.1) is 25.0 Å². The number of nitrogens with two attached hydrogens (primary N) is 1. The highest BCUT2D eigenvalue weighted by Crippen LogP contribution is 2.20. The van der Waals surface area contributed by atoms with Gasteiger partial charge in [-0.25, -0.2) is 0 Å². The summed E-state index contributed by atoms with van der Waals surface area (Å²) >= 11 is 0. The van der Waals surface area contributed by atoms with Crippen LogP contribution in [0.5, 0.6) is 0 Å². The van der Waals surface area contributed by atoms with E-state index in [9.17, 15) is 4.79 Å². The molecule has 0 aliphatic carbocycles. The number of fused-ring (bicyclic) bond motifs is 1. The van der Waals surface area contributed by atoms with E-state index in [-0.39, 0.29) is 11.9 Å². The van der Waals surface area contributed by atoms with Gasteiger partial charge in [0.15, 0.2) is 0 Å². The highest BCUT2D eigenvalue weighted by atomic mass is 16.5. The Bertz CT molecular complexity index is 397. The molecular weight excluding hydrogens is 268 g/mol. The maximum atomic E-state index is 12.3. The molecule has 6 heteroatoms. The molecule has 0 saturated carbocycles. The predicted octanol–water partition coefficient (Wildman–Crippen LogP) is 1.29. The van der Waals surface area contributed by atoms with Crippen LogP contribution >= 0.6 is 0 Å². The van der Waals surface area contributed by atoms with Gasteiger partial charge in [-0.3, -0.25) is 9.80 Å². The quantitative estimate of drug-likeness (QED) is 0.740. The molecule has 118 valence electrons. The third kappa shape index (κ3) is 4.20. The molecule has 1 atom stereocenters. The van der Waals surface area contributed by atoms with Crippen molar-refractivity contribution in [3.8, 4) is 0 Å². The molecule has 0 radical (unpaired) electrons. The number of rotatable bonds is 1. The van der Waals surface area contributed by atoms with Crippen LogP contribution in [0, 0.1) is 0 Å². The molecule has 6 nitrogen and oxygen atoms in total. The molecule has 2 N–H and O–H groups in total. The number of hydrogen-bond acceptors (Lipinski definition) is 5. The zero-order valence-electron chi connectivity index (χ0n) is 12.7. The first-order valence-electron chi connectivity index (χ1n) is 7.78. The molecular formula is C15H26N4O2. The van der Waals surface area contributed by atoms with Crippen LogP contribution in [0.2, 0.25) is 0 Å². The number of ether oxygens (including phenoxy) is 1. The van der Waals surface area contributed by atoms with Gasteiger partial charge in [-0.05, 0) is 32.1 Å². The standard InChI is InChI=1S/C15H26N4O2/c1-17-19-9-5-3-7-15(20)18-8-4-2-6-13(18)11-21-12-14(19)10-16/h10,13H,1-9,11-12,16H2/b14-10-. The second-order valence-corrected chi connectivity index (χ2v) is 5.63. The van der Waals surface area contributed by atoms with E-state index in [1.54, 1.807) is 5.01 Å². The topological polar surface area (TPSA) is 71.2 Å². The van der Waals surface area contributed by atoms with E-state index in [1.165, 1.54) is 6.20 Å². The van der Waals surface area contributed by atoms with Gasteiger partial charge in [-0.15, -0.1) is 0 Å². The Kier molecular flexibility index (Phi) is 6.04. The average Bonchev–Trinajstić information content (AvgIpc) is 2.51. The molecule has 0 aromatic heterocycles. The maximum absolute atomic E-state index is 12.3. The Balaban J connectivity index is 2.04. The Hall–Kier alpha value is -1.56. The van der Waals surface area contributed by atoms with E-state index < -0.39 is 0 Å². The van der Waals surface area contributed by atoms with E-state index in [4.69, 9.17) is 10.5 Å². The molecule has 2 aliphatic rings. The summed E-state index contributed by atoms with van der Waals surface area (Å²) in [5, 5.41) is 5.76. The molecule has 2 saturated heterocycles. The van der Waals surface area contributed by atoms with Crippen LogP contribution in [0.1, 0.15) is 38.5 Å². The van der Waals surface area contributed by atoms with E-state index in [0.29, 0.717) is 26.2 Å². The van der Waals surface area contributed by atoms with Crippen LogP contribution in [0.15, 0.2) is 17.0 Å². The summed E-state index contributed by atoms with van der Waals surface area (Å²) in [6.45, 7) is 6.14. The zero-order valence-corrected chi connectivity index (χ0v) is 12.7. The second-order valence-electron chi connectivity index (χ2n) is 5.63. The lowest BCUT2D eigenvalue weighted by molar-refractivity contribution is -0.136. The summed E-state index contributed by atoms with van der Waals surface area (Å²) in [6.07, 6.45) is 7.18. The van der Waals surface area contributed by atoms with Crippen LogP contribution in [-0.2, 0) is 9.53 Å². The van der Waals surface area contributed by atoms with E-state index in [2.05, 4.69) is 11.8 Å². The highest BCUT2D eigenvalue weighted by Gasteiger charge is 2.27. The molecule has 1 unspecified atom stereocenters. The first-order chi connectivity index (χ1) is 10.3. The molecule has 21 heavy (non-hydrogen) atoms. The summed E-state index contributed by atoms with van der Waals surface area (Å²) in [6, 6.07) is 0.204. The number of hydrazone groups is 1. The van der Waals surface area contributed by atoms with Crippen molar-refractivity contribution >= 4 is 12.6 Å². The van der Waals surface area contributed by atoms with Gasteiger partial charge in [0.25, 0.3) is 0 Å². The van der Waals surface area contributed by atoms with Gasteiger partial charge in [0.1, 0.15) is 0 Å². The van der Waals surface area contributed by atoms with E-state index in [1.807, 2.05) is 4.90 Å². The highest BCUT2D eigenvalue weighted by molar-refractivity contribution is 5.76. The van der Waals surface area contributed by atoms with Gasteiger partial charge in [0.2, 0.25) is 5.91 Å². The lowest BCUT2D eigenvalue weighted by Crippen LogP contribution is -2.46. The van der Waals surface area contributed by atoms with E-state index in [0.717, 1.165) is 44.3 Å². The number of carbonyl (C=O) groups is 1. The number of amides is 1. The number of nitrogens with zero attached hydrogens (tertiary/aromatic N) is 3. The monoisotopic (exact) mass is 294 g/mol. The molecule has 0 aromatic rings. The zero-order chi connectivity index (χ0) is 15.1. The molecule has 2 aliphatic heterocycles. The van der Waals surface area contributed by atoms with Gasteiger partial charge >= 0.3 is 0 Å². The Labute approximate surface area is 126 Å². The summed E-state index contributed by atoms with van der Waals surface area (Å²) in [7, 11) is 0. The van der Waals surface area contributed by atoms with Crippen LogP contribution < -0.4 is 5.73 Å². The van der Waals surface area contributed by atoms with Crippen molar-refractivity contribution in [1.82, 2.24) is 9.91 Å². The number of carbonyl (C=O) groups excluding carboxylic acids is 1. The first-order valence-corrected chi connectivity index (χ1v) is 7.78. The Morgan fingerprint density at radius 3 is 2.86 bits per heavy atom. The minimum Gasteiger partial charge on any atom is -0.403 e. The molecule has 1 amide bonds. The van der Waals surface area contributed by atoms with Crippen molar-refractivity contribution in [2.45, 2.75) is 44.6 Å². The lowest BCUT2D eigenvalue weighted by Gasteiger charge is -2.36. The average molecular weight is 294 g/mol. The van der Waals surface area contributed by atoms with Crippen LogP contribution in [0.3, 0.4) is 0 Å². The van der Waals surface area contributed by atoms with Crippen LogP contribution in [0.25, 0.3) is 0 Å². The third-order valence-corrected chi connectivity index (χ3v) is 4.21. The largest absolute Gasteiger partial charge is 0.403 e. The first kappa shape index (κ1) is 15.8. The summed E-state index contributed by atoms with van der Waals surface area (Å²) in [5.74, 6) is 0.261. The van der Waals surface area contributed by atoms with E-state index >= 15 is 0 Å². The van der Waals surface area contributed by atoms with Gasteiger partial charge in [0, 0.05) is 32.4 Å². The molecule has 2 fully saturated rings. The molecule has 0 bridgehead atoms. The van der Waals surface area contributed by atoms with Crippen molar-refractivity contribution < 1.29 is 9.53 Å². The van der Waals surface area contributed by atoms with Crippen LogP contribution in [0.4, 0.5) is 0 Å². The molecule has 2 rings (SSSR count). The summed E-state index contributed by atoms with van der Waals surface area (Å²) in [5.41, 5.74) is 6.50. The maximum Gasteiger partial charge on any atom is 0.222 e. The third-order valence-electron chi connectivity index (χ3n) is 4.21. The normalized spacial score (nSPS) is 27.7.